The van der Waals surface area contributed by atoms with E-state index in [1.54, 1.807) is 11.3 Å². The van der Waals surface area contributed by atoms with Crippen LogP contribution in [0.2, 0.25) is 4.34 Å². The molecule has 0 bridgehead atoms. The second-order valence-electron chi connectivity index (χ2n) is 4.72. The standard InChI is InChI=1S/C11H18ClNOS/c1-11(2,3)9(14)7-13-6-8-4-5-10(12)15-8/h4-5,9,13-14H,6-7H2,1-3H3. The molecule has 1 rings (SSSR count). The summed E-state index contributed by atoms with van der Waals surface area (Å²) in [5, 5.41) is 13.0. The first-order valence-corrected chi connectivity index (χ1v) is 6.22. The summed E-state index contributed by atoms with van der Waals surface area (Å²) in [7, 11) is 0. The maximum Gasteiger partial charge on any atom is 0.0931 e. The van der Waals surface area contributed by atoms with Crippen LogP contribution in [0.15, 0.2) is 12.1 Å². The molecule has 0 amide bonds. The SMILES string of the molecule is CC(C)(C)C(O)CNCc1ccc(Cl)s1. The largest absolute Gasteiger partial charge is 0.391 e. The predicted molar refractivity (Wildman–Crippen MR) is 66.5 cm³/mol. The van der Waals surface area contributed by atoms with Crippen molar-refractivity contribution in [2.75, 3.05) is 6.54 Å². The molecule has 1 atom stereocenters. The summed E-state index contributed by atoms with van der Waals surface area (Å²) in [6, 6.07) is 3.90. The van der Waals surface area contributed by atoms with Gasteiger partial charge in [-0.15, -0.1) is 11.3 Å². The van der Waals surface area contributed by atoms with Gasteiger partial charge in [0.25, 0.3) is 0 Å². The first-order chi connectivity index (χ1) is 6.89. The first-order valence-electron chi connectivity index (χ1n) is 5.02. The van der Waals surface area contributed by atoms with E-state index in [4.69, 9.17) is 11.6 Å². The minimum atomic E-state index is -0.326. The Morgan fingerprint density at radius 1 is 1.47 bits per heavy atom. The van der Waals surface area contributed by atoms with Crippen molar-refractivity contribution in [2.45, 2.75) is 33.4 Å². The number of aliphatic hydroxyl groups is 1. The number of thiophene rings is 1. The maximum absolute atomic E-state index is 9.78. The summed E-state index contributed by atoms with van der Waals surface area (Å²) in [5.41, 5.74) is -0.0694. The second-order valence-corrected chi connectivity index (χ2v) is 6.52. The number of hydrogen-bond donors (Lipinski definition) is 2. The van der Waals surface area contributed by atoms with Gasteiger partial charge in [-0.2, -0.15) is 0 Å². The van der Waals surface area contributed by atoms with Crippen LogP contribution in [0, 0.1) is 5.41 Å². The summed E-state index contributed by atoms with van der Waals surface area (Å²) < 4.78 is 0.808. The van der Waals surface area contributed by atoms with E-state index in [1.165, 1.54) is 4.88 Å². The molecule has 2 nitrogen and oxygen atoms in total. The van der Waals surface area contributed by atoms with Crippen molar-refractivity contribution in [3.8, 4) is 0 Å². The molecule has 0 aliphatic rings. The molecule has 1 aromatic heterocycles. The quantitative estimate of drug-likeness (QED) is 0.858. The lowest BCUT2D eigenvalue weighted by molar-refractivity contribution is 0.0628. The van der Waals surface area contributed by atoms with Crippen LogP contribution in [-0.2, 0) is 6.54 Å². The fourth-order valence-corrected chi connectivity index (χ4v) is 2.14. The number of rotatable bonds is 4. The second kappa shape index (κ2) is 5.30. The van der Waals surface area contributed by atoms with Gasteiger partial charge in [-0.25, -0.2) is 0 Å². The van der Waals surface area contributed by atoms with Gasteiger partial charge in [0.2, 0.25) is 0 Å². The molecular weight excluding hydrogens is 230 g/mol. The summed E-state index contributed by atoms with van der Waals surface area (Å²) in [5.74, 6) is 0. The molecule has 2 N–H and O–H groups in total. The lowest BCUT2D eigenvalue weighted by Gasteiger charge is -2.25. The molecule has 0 aliphatic heterocycles. The molecule has 4 heteroatoms. The van der Waals surface area contributed by atoms with Crippen molar-refractivity contribution in [2.24, 2.45) is 5.41 Å². The van der Waals surface area contributed by atoms with Gasteiger partial charge < -0.3 is 10.4 Å². The fourth-order valence-electron chi connectivity index (χ4n) is 1.09. The Balaban J connectivity index is 2.28. The maximum atomic E-state index is 9.78. The zero-order valence-corrected chi connectivity index (χ0v) is 11.0. The summed E-state index contributed by atoms with van der Waals surface area (Å²) in [6.07, 6.45) is -0.326. The molecule has 0 saturated carbocycles. The van der Waals surface area contributed by atoms with E-state index >= 15 is 0 Å². The van der Waals surface area contributed by atoms with Crippen LogP contribution < -0.4 is 5.32 Å². The Kier molecular flexibility index (Phi) is 4.59. The van der Waals surface area contributed by atoms with Crippen LogP contribution in [0.3, 0.4) is 0 Å². The van der Waals surface area contributed by atoms with Crippen molar-refractivity contribution in [3.05, 3.63) is 21.3 Å². The molecule has 0 aromatic carbocycles. The van der Waals surface area contributed by atoms with Crippen LogP contribution >= 0.6 is 22.9 Å². The van der Waals surface area contributed by atoms with Gasteiger partial charge in [-0.05, 0) is 17.5 Å². The third kappa shape index (κ3) is 4.51. The molecule has 0 fully saturated rings. The molecule has 0 radical (unpaired) electrons. The van der Waals surface area contributed by atoms with E-state index in [-0.39, 0.29) is 11.5 Å². The molecule has 15 heavy (non-hydrogen) atoms. The van der Waals surface area contributed by atoms with Gasteiger partial charge in [0.15, 0.2) is 0 Å². The average Bonchev–Trinajstić information content (AvgIpc) is 2.49. The van der Waals surface area contributed by atoms with Crippen LogP contribution in [0.25, 0.3) is 0 Å². The average molecular weight is 248 g/mol. The lowest BCUT2D eigenvalue weighted by Crippen LogP contribution is -2.36. The van der Waals surface area contributed by atoms with Crippen LogP contribution in [0.5, 0.6) is 0 Å². The third-order valence-electron chi connectivity index (χ3n) is 2.27. The Morgan fingerprint density at radius 2 is 2.13 bits per heavy atom. The predicted octanol–water partition coefficient (Wildman–Crippen LogP) is 2.90. The zero-order chi connectivity index (χ0) is 11.5. The Hall–Kier alpha value is -0.0900. The molecule has 1 heterocycles. The number of nitrogens with one attached hydrogen (secondary N) is 1. The Morgan fingerprint density at radius 3 is 2.60 bits per heavy atom. The van der Waals surface area contributed by atoms with Crippen LogP contribution in [0.1, 0.15) is 25.6 Å². The van der Waals surface area contributed by atoms with E-state index in [0.29, 0.717) is 6.54 Å². The highest BCUT2D eigenvalue weighted by Crippen LogP contribution is 2.21. The first kappa shape index (κ1) is 13.0. The van der Waals surface area contributed by atoms with E-state index < -0.39 is 0 Å². The number of hydrogen-bond acceptors (Lipinski definition) is 3. The van der Waals surface area contributed by atoms with Gasteiger partial charge in [0.05, 0.1) is 10.4 Å². The minimum absolute atomic E-state index is 0.0694. The van der Waals surface area contributed by atoms with Gasteiger partial charge in [0.1, 0.15) is 0 Å². The smallest absolute Gasteiger partial charge is 0.0931 e. The summed E-state index contributed by atoms with van der Waals surface area (Å²) in [4.78, 5) is 1.20. The van der Waals surface area contributed by atoms with Gasteiger partial charge in [-0.3, -0.25) is 0 Å². The highest BCUT2D eigenvalue weighted by Gasteiger charge is 2.21. The summed E-state index contributed by atoms with van der Waals surface area (Å²) in [6.45, 7) is 7.47. The van der Waals surface area contributed by atoms with E-state index in [2.05, 4.69) is 5.32 Å². The number of aliphatic hydroxyl groups excluding tert-OH is 1. The topological polar surface area (TPSA) is 32.3 Å². The van der Waals surface area contributed by atoms with Gasteiger partial charge >= 0.3 is 0 Å². The summed E-state index contributed by atoms with van der Waals surface area (Å²) >= 11 is 7.38. The van der Waals surface area contributed by atoms with E-state index in [0.717, 1.165) is 10.9 Å². The van der Waals surface area contributed by atoms with Crippen molar-refractivity contribution >= 4 is 22.9 Å². The molecule has 1 unspecified atom stereocenters. The van der Waals surface area contributed by atoms with E-state index in [9.17, 15) is 5.11 Å². The van der Waals surface area contributed by atoms with Crippen molar-refractivity contribution in [1.82, 2.24) is 5.32 Å². The normalized spacial score (nSPS) is 14.2. The molecule has 0 spiro atoms. The fraction of sp³-hybridized carbons (Fsp3) is 0.636. The molecule has 0 saturated heterocycles. The van der Waals surface area contributed by atoms with Crippen LogP contribution in [0.4, 0.5) is 0 Å². The number of halogens is 1. The van der Waals surface area contributed by atoms with Crippen LogP contribution in [-0.4, -0.2) is 17.8 Å². The van der Waals surface area contributed by atoms with Gasteiger partial charge in [-0.1, -0.05) is 32.4 Å². The highest BCUT2D eigenvalue weighted by atomic mass is 35.5. The molecule has 0 aliphatic carbocycles. The van der Waals surface area contributed by atoms with E-state index in [1.807, 2.05) is 32.9 Å². The molecule has 86 valence electrons. The monoisotopic (exact) mass is 247 g/mol. The Labute approximate surface area is 100 Å². The van der Waals surface area contributed by atoms with Gasteiger partial charge in [0, 0.05) is 18.0 Å². The van der Waals surface area contributed by atoms with Crippen molar-refractivity contribution < 1.29 is 5.11 Å². The third-order valence-corrected chi connectivity index (χ3v) is 3.50. The molecule has 1 aromatic rings. The van der Waals surface area contributed by atoms with Crippen molar-refractivity contribution in [3.63, 3.8) is 0 Å². The highest BCUT2D eigenvalue weighted by molar-refractivity contribution is 7.16. The molecular formula is C11H18ClNOS. The Bertz CT molecular complexity index is 306. The zero-order valence-electron chi connectivity index (χ0n) is 9.38. The van der Waals surface area contributed by atoms with Crippen molar-refractivity contribution in [1.29, 1.82) is 0 Å². The lowest BCUT2D eigenvalue weighted by atomic mass is 9.89. The minimum Gasteiger partial charge on any atom is -0.391 e.